The van der Waals surface area contributed by atoms with Crippen LogP contribution in [0.4, 0.5) is 0 Å². The second-order valence-electron chi connectivity index (χ2n) is 4.22. The van der Waals surface area contributed by atoms with Crippen LogP contribution in [0.15, 0.2) is 12.1 Å². The van der Waals surface area contributed by atoms with Gasteiger partial charge in [0, 0.05) is 17.5 Å². The van der Waals surface area contributed by atoms with Crippen molar-refractivity contribution in [3.63, 3.8) is 0 Å². The van der Waals surface area contributed by atoms with Crippen molar-refractivity contribution in [1.82, 2.24) is 5.32 Å². The molecule has 0 aliphatic carbocycles. The molecule has 1 atom stereocenters. The van der Waals surface area contributed by atoms with Crippen LogP contribution < -0.4 is 10.1 Å². The second kappa shape index (κ2) is 6.14. The zero-order valence-electron chi connectivity index (χ0n) is 9.31. The highest BCUT2D eigenvalue weighted by atomic mass is 35.5. The van der Waals surface area contributed by atoms with E-state index >= 15 is 0 Å². The first-order valence-corrected chi connectivity index (χ1v) is 6.78. The predicted octanol–water partition coefficient (Wildman–Crippen LogP) is 4.03. The van der Waals surface area contributed by atoms with E-state index in [1.165, 1.54) is 12.8 Å². The molecule has 1 aliphatic rings. The van der Waals surface area contributed by atoms with Crippen LogP contribution in [-0.2, 0) is 0 Å². The van der Waals surface area contributed by atoms with Crippen LogP contribution in [-0.4, -0.2) is 19.7 Å². The summed E-state index contributed by atoms with van der Waals surface area (Å²) in [5.41, 5.74) is 0. The maximum Gasteiger partial charge on any atom is 0.156 e. The van der Waals surface area contributed by atoms with E-state index in [1.54, 1.807) is 12.1 Å². The van der Waals surface area contributed by atoms with Gasteiger partial charge >= 0.3 is 0 Å². The zero-order valence-corrected chi connectivity index (χ0v) is 11.6. The summed E-state index contributed by atoms with van der Waals surface area (Å²) in [6.45, 7) is 2.72. The number of rotatable bonds is 3. The molecule has 0 bridgehead atoms. The predicted molar refractivity (Wildman–Crippen MR) is 72.6 cm³/mol. The lowest BCUT2D eigenvalue weighted by Crippen LogP contribution is -2.33. The second-order valence-corrected chi connectivity index (χ2v) is 5.47. The molecular weight excluding hydrogens is 280 g/mol. The van der Waals surface area contributed by atoms with Crippen molar-refractivity contribution in [3.8, 4) is 5.75 Å². The number of nitrogens with one attached hydrogen (secondary N) is 1. The summed E-state index contributed by atoms with van der Waals surface area (Å²) in [7, 11) is 0. The number of piperidine rings is 1. The zero-order chi connectivity index (χ0) is 12.3. The Labute approximate surface area is 116 Å². The molecule has 1 heterocycles. The van der Waals surface area contributed by atoms with Gasteiger partial charge in [-0.1, -0.05) is 34.8 Å². The van der Waals surface area contributed by atoms with Crippen LogP contribution >= 0.6 is 34.8 Å². The minimum atomic E-state index is 0.464. The fraction of sp³-hybridized carbons (Fsp3) is 0.500. The van der Waals surface area contributed by atoms with Crippen LogP contribution in [0.2, 0.25) is 15.1 Å². The van der Waals surface area contributed by atoms with Gasteiger partial charge < -0.3 is 10.1 Å². The van der Waals surface area contributed by atoms with E-state index in [4.69, 9.17) is 39.5 Å². The highest BCUT2D eigenvalue weighted by Gasteiger charge is 2.16. The molecular formula is C12H14Cl3NO. The van der Waals surface area contributed by atoms with Crippen LogP contribution in [0.1, 0.15) is 12.8 Å². The molecule has 94 valence electrons. The number of benzene rings is 1. The van der Waals surface area contributed by atoms with Gasteiger partial charge in [0.15, 0.2) is 5.75 Å². The Bertz CT molecular complexity index is 368. The minimum absolute atomic E-state index is 0.464. The van der Waals surface area contributed by atoms with Gasteiger partial charge in [0.05, 0.1) is 16.7 Å². The molecule has 1 saturated heterocycles. The third kappa shape index (κ3) is 3.65. The number of hydrogen-bond donors (Lipinski definition) is 1. The lowest BCUT2D eigenvalue weighted by atomic mass is 10.0. The molecule has 0 radical (unpaired) electrons. The van der Waals surface area contributed by atoms with Crippen LogP contribution in [0, 0.1) is 5.92 Å². The summed E-state index contributed by atoms with van der Waals surface area (Å²) in [6, 6.07) is 3.28. The Hall–Kier alpha value is -0.150. The summed E-state index contributed by atoms with van der Waals surface area (Å²) in [5, 5.41) is 4.79. The molecule has 1 unspecified atom stereocenters. The van der Waals surface area contributed by atoms with E-state index in [0.29, 0.717) is 33.3 Å². The number of hydrogen-bond acceptors (Lipinski definition) is 2. The molecule has 5 heteroatoms. The summed E-state index contributed by atoms with van der Waals surface area (Å²) in [6.07, 6.45) is 2.37. The molecule has 1 fully saturated rings. The van der Waals surface area contributed by atoms with Crippen molar-refractivity contribution >= 4 is 34.8 Å². The van der Waals surface area contributed by atoms with Crippen molar-refractivity contribution in [2.24, 2.45) is 5.92 Å². The van der Waals surface area contributed by atoms with Gasteiger partial charge in [-0.05, 0) is 31.5 Å². The maximum absolute atomic E-state index is 6.04. The fourth-order valence-corrected chi connectivity index (χ4v) is 2.86. The minimum Gasteiger partial charge on any atom is -0.490 e. The summed E-state index contributed by atoms with van der Waals surface area (Å²) >= 11 is 17.9. The van der Waals surface area contributed by atoms with E-state index in [0.717, 1.165) is 13.1 Å². The molecule has 2 rings (SSSR count). The van der Waals surface area contributed by atoms with Gasteiger partial charge in [-0.25, -0.2) is 0 Å². The molecule has 0 spiro atoms. The molecule has 0 saturated carbocycles. The van der Waals surface area contributed by atoms with E-state index < -0.39 is 0 Å². The van der Waals surface area contributed by atoms with Gasteiger partial charge in [0.2, 0.25) is 0 Å². The molecule has 1 aromatic rings. The molecule has 1 aliphatic heterocycles. The standard InChI is InChI=1S/C12H14Cl3NO/c13-9-4-10(14)12(11(15)5-9)17-7-8-2-1-3-16-6-8/h4-5,8,16H,1-3,6-7H2. The van der Waals surface area contributed by atoms with Crippen molar-refractivity contribution in [2.45, 2.75) is 12.8 Å². The largest absolute Gasteiger partial charge is 0.490 e. The number of ether oxygens (including phenoxy) is 1. The smallest absolute Gasteiger partial charge is 0.156 e. The highest BCUT2D eigenvalue weighted by Crippen LogP contribution is 2.36. The Kier molecular flexibility index (Phi) is 4.80. The summed E-state index contributed by atoms with van der Waals surface area (Å²) < 4.78 is 5.70. The number of halogens is 3. The lowest BCUT2D eigenvalue weighted by Gasteiger charge is -2.23. The summed E-state index contributed by atoms with van der Waals surface area (Å²) in [5.74, 6) is 1.05. The van der Waals surface area contributed by atoms with Crippen LogP contribution in [0.3, 0.4) is 0 Å². The monoisotopic (exact) mass is 293 g/mol. The first-order valence-electron chi connectivity index (χ1n) is 5.65. The SMILES string of the molecule is Clc1cc(Cl)c(OCC2CCCNC2)c(Cl)c1. The van der Waals surface area contributed by atoms with Gasteiger partial charge in [-0.3, -0.25) is 0 Å². The first-order chi connectivity index (χ1) is 8.16. The average molecular weight is 295 g/mol. The van der Waals surface area contributed by atoms with Gasteiger partial charge in [-0.2, -0.15) is 0 Å². The van der Waals surface area contributed by atoms with Gasteiger partial charge in [-0.15, -0.1) is 0 Å². The Morgan fingerprint density at radius 2 is 1.94 bits per heavy atom. The van der Waals surface area contributed by atoms with E-state index in [-0.39, 0.29) is 0 Å². The normalized spacial score (nSPS) is 20.3. The van der Waals surface area contributed by atoms with Crippen LogP contribution in [0.25, 0.3) is 0 Å². The quantitative estimate of drug-likeness (QED) is 0.909. The Morgan fingerprint density at radius 3 is 2.53 bits per heavy atom. The first kappa shape index (κ1) is 13.3. The topological polar surface area (TPSA) is 21.3 Å². The third-order valence-electron chi connectivity index (χ3n) is 2.83. The Morgan fingerprint density at radius 1 is 1.24 bits per heavy atom. The third-order valence-corrected chi connectivity index (χ3v) is 3.61. The average Bonchev–Trinajstić information content (AvgIpc) is 2.29. The Balaban J connectivity index is 1.98. The molecule has 1 N–H and O–H groups in total. The fourth-order valence-electron chi connectivity index (χ4n) is 1.93. The molecule has 0 aromatic heterocycles. The highest BCUT2D eigenvalue weighted by molar-refractivity contribution is 6.40. The van der Waals surface area contributed by atoms with Crippen molar-refractivity contribution in [3.05, 3.63) is 27.2 Å². The molecule has 2 nitrogen and oxygen atoms in total. The van der Waals surface area contributed by atoms with E-state index in [1.807, 2.05) is 0 Å². The molecule has 17 heavy (non-hydrogen) atoms. The van der Waals surface area contributed by atoms with Gasteiger partial charge in [0.25, 0.3) is 0 Å². The maximum atomic E-state index is 6.04. The summed E-state index contributed by atoms with van der Waals surface area (Å²) in [4.78, 5) is 0. The van der Waals surface area contributed by atoms with Crippen molar-refractivity contribution in [1.29, 1.82) is 0 Å². The van der Waals surface area contributed by atoms with Crippen molar-refractivity contribution < 1.29 is 4.74 Å². The van der Waals surface area contributed by atoms with Crippen LogP contribution in [0.5, 0.6) is 5.75 Å². The van der Waals surface area contributed by atoms with E-state index in [2.05, 4.69) is 5.32 Å². The van der Waals surface area contributed by atoms with E-state index in [9.17, 15) is 0 Å². The van der Waals surface area contributed by atoms with Crippen molar-refractivity contribution in [2.75, 3.05) is 19.7 Å². The molecule has 1 aromatic carbocycles. The lowest BCUT2D eigenvalue weighted by molar-refractivity contribution is 0.218. The van der Waals surface area contributed by atoms with Gasteiger partial charge in [0.1, 0.15) is 0 Å². The molecule has 0 amide bonds.